The van der Waals surface area contributed by atoms with Gasteiger partial charge in [0, 0.05) is 33.0 Å². The van der Waals surface area contributed by atoms with Crippen LogP contribution in [0.1, 0.15) is 22.3 Å². The predicted octanol–water partition coefficient (Wildman–Crippen LogP) is 11.7. The van der Waals surface area contributed by atoms with Crippen molar-refractivity contribution in [3.63, 3.8) is 0 Å². The molecule has 9 aromatic rings. The zero-order chi connectivity index (χ0) is 32.8. The summed E-state index contributed by atoms with van der Waals surface area (Å²) in [5, 5.41) is 2.18. The average molecular weight is 637 g/mol. The van der Waals surface area contributed by atoms with E-state index in [0.717, 1.165) is 50.0 Å². The van der Waals surface area contributed by atoms with Crippen LogP contribution >= 0.6 is 0 Å². The molecule has 0 saturated carbocycles. The Bertz CT molecular complexity index is 2710. The average Bonchev–Trinajstić information content (AvgIpc) is 3.82. The summed E-state index contributed by atoms with van der Waals surface area (Å²) in [6.07, 6.45) is 0. The van der Waals surface area contributed by atoms with Crippen LogP contribution in [0.3, 0.4) is 0 Å². The van der Waals surface area contributed by atoms with Crippen LogP contribution in [0.2, 0.25) is 0 Å². The van der Waals surface area contributed by atoms with Crippen LogP contribution < -0.4 is 0 Å². The van der Waals surface area contributed by atoms with E-state index in [9.17, 15) is 0 Å². The Hall–Kier alpha value is -6.58. The first-order chi connectivity index (χ1) is 24.8. The van der Waals surface area contributed by atoms with E-state index < -0.39 is 5.41 Å². The molecule has 0 amide bonds. The second-order valence-corrected chi connectivity index (χ2v) is 13.3. The number of fused-ring (bicyclic) bond motifs is 14. The van der Waals surface area contributed by atoms with Gasteiger partial charge in [-0.1, -0.05) is 146 Å². The molecule has 0 aliphatic heterocycles. The first kappa shape index (κ1) is 27.4. The summed E-state index contributed by atoms with van der Waals surface area (Å²) in [6.45, 7) is 0. The second kappa shape index (κ2) is 10.2. The minimum absolute atomic E-state index is 0.403. The number of rotatable bonds is 3. The third kappa shape index (κ3) is 3.64. The first-order valence-corrected chi connectivity index (χ1v) is 17.1. The van der Waals surface area contributed by atoms with Crippen molar-refractivity contribution in [2.24, 2.45) is 0 Å². The molecule has 0 fully saturated rings. The van der Waals surface area contributed by atoms with Crippen LogP contribution in [0.4, 0.5) is 0 Å². The lowest BCUT2D eigenvalue weighted by Crippen LogP contribution is -2.25. The molecule has 11 rings (SSSR count). The Kier molecular flexibility index (Phi) is 5.59. The van der Waals surface area contributed by atoms with E-state index in [1.807, 2.05) is 36.4 Å². The van der Waals surface area contributed by atoms with Gasteiger partial charge < -0.3 is 4.42 Å². The molecule has 0 atom stereocenters. The van der Waals surface area contributed by atoms with Crippen LogP contribution in [-0.2, 0) is 5.41 Å². The molecule has 0 unspecified atom stereocenters. The number of hydrogen-bond donors (Lipinski definition) is 0. The zero-order valence-electron chi connectivity index (χ0n) is 27.0. The molecule has 0 N–H and O–H groups in total. The highest BCUT2D eigenvalue weighted by molar-refractivity contribution is 6.13. The van der Waals surface area contributed by atoms with Gasteiger partial charge in [-0.15, -0.1) is 0 Å². The summed E-state index contributed by atoms with van der Waals surface area (Å²) in [7, 11) is 0. The van der Waals surface area contributed by atoms with Crippen molar-refractivity contribution < 1.29 is 4.42 Å². The highest BCUT2D eigenvalue weighted by atomic mass is 16.3. The summed E-state index contributed by atoms with van der Waals surface area (Å²) in [5.74, 6) is 0.705. The van der Waals surface area contributed by atoms with Crippen LogP contribution in [0.25, 0.3) is 78.1 Å². The number of nitrogens with zero attached hydrogens (tertiary/aromatic N) is 2. The molecule has 0 radical (unpaired) electrons. The molecule has 2 aliphatic rings. The first-order valence-electron chi connectivity index (χ1n) is 17.1. The normalized spacial score (nSPS) is 13.4. The molecule has 232 valence electrons. The fraction of sp³-hybridized carbons (Fsp3) is 0.0213. The fourth-order valence-corrected chi connectivity index (χ4v) is 8.64. The van der Waals surface area contributed by atoms with E-state index in [1.165, 1.54) is 44.5 Å². The summed E-state index contributed by atoms with van der Waals surface area (Å²) in [5.41, 5.74) is 16.5. The smallest absolute Gasteiger partial charge is 0.160 e. The number of benzene rings is 7. The van der Waals surface area contributed by atoms with E-state index >= 15 is 0 Å². The summed E-state index contributed by atoms with van der Waals surface area (Å²) >= 11 is 0. The molecule has 2 heterocycles. The minimum atomic E-state index is -0.403. The van der Waals surface area contributed by atoms with Gasteiger partial charge in [0.05, 0.1) is 16.8 Å². The van der Waals surface area contributed by atoms with Crippen molar-refractivity contribution in [3.8, 4) is 56.2 Å². The van der Waals surface area contributed by atoms with Gasteiger partial charge in [0.2, 0.25) is 0 Å². The van der Waals surface area contributed by atoms with Crippen molar-refractivity contribution in [1.29, 1.82) is 0 Å². The Morgan fingerprint density at radius 1 is 0.400 bits per heavy atom. The lowest BCUT2D eigenvalue weighted by Gasteiger charge is -2.30. The van der Waals surface area contributed by atoms with Crippen molar-refractivity contribution in [2.45, 2.75) is 5.41 Å². The highest BCUT2D eigenvalue weighted by Gasteiger charge is 2.52. The van der Waals surface area contributed by atoms with E-state index in [-0.39, 0.29) is 0 Å². The quantitative estimate of drug-likeness (QED) is 0.194. The predicted molar refractivity (Wildman–Crippen MR) is 202 cm³/mol. The van der Waals surface area contributed by atoms with Gasteiger partial charge in [0.1, 0.15) is 11.2 Å². The van der Waals surface area contributed by atoms with Crippen molar-refractivity contribution in [3.05, 3.63) is 192 Å². The largest absolute Gasteiger partial charge is 0.455 e. The molecular formula is C47H28N2O. The van der Waals surface area contributed by atoms with E-state index in [4.69, 9.17) is 14.4 Å². The Morgan fingerprint density at radius 3 is 1.64 bits per heavy atom. The molecular weight excluding hydrogens is 609 g/mol. The monoisotopic (exact) mass is 636 g/mol. The van der Waals surface area contributed by atoms with Crippen molar-refractivity contribution >= 4 is 21.9 Å². The maximum absolute atomic E-state index is 6.88. The Balaban J connectivity index is 1.15. The van der Waals surface area contributed by atoms with Gasteiger partial charge in [-0.05, 0) is 63.2 Å². The van der Waals surface area contributed by atoms with E-state index in [2.05, 4.69) is 133 Å². The van der Waals surface area contributed by atoms with Gasteiger partial charge in [0.15, 0.2) is 5.82 Å². The zero-order valence-corrected chi connectivity index (χ0v) is 27.0. The van der Waals surface area contributed by atoms with Gasteiger partial charge in [-0.3, -0.25) is 0 Å². The number of aromatic nitrogens is 2. The number of furan rings is 1. The maximum Gasteiger partial charge on any atom is 0.160 e. The third-order valence-electron chi connectivity index (χ3n) is 10.7. The second-order valence-electron chi connectivity index (χ2n) is 13.3. The molecule has 0 bridgehead atoms. The van der Waals surface area contributed by atoms with E-state index in [1.54, 1.807) is 0 Å². The highest BCUT2D eigenvalue weighted by Crippen LogP contribution is 2.64. The molecule has 3 nitrogen and oxygen atoms in total. The summed E-state index contributed by atoms with van der Waals surface area (Å²) < 4.78 is 6.88. The minimum Gasteiger partial charge on any atom is -0.455 e. The van der Waals surface area contributed by atoms with Crippen LogP contribution in [0.15, 0.2) is 174 Å². The topological polar surface area (TPSA) is 38.9 Å². The molecule has 50 heavy (non-hydrogen) atoms. The SMILES string of the molecule is c1ccc(-c2cc(-c3ccc4oc5c6c(ccc5c4c3)C3(c4ccccc4-c4ccccc43)c3ccccc3-6)nc(-c3ccccc3)n2)cc1. The molecule has 0 saturated heterocycles. The summed E-state index contributed by atoms with van der Waals surface area (Å²) in [6, 6.07) is 60.4. The Labute approximate surface area is 289 Å². The fourth-order valence-electron chi connectivity index (χ4n) is 8.64. The lowest BCUT2D eigenvalue weighted by molar-refractivity contribution is 0.669. The van der Waals surface area contributed by atoms with Gasteiger partial charge in [-0.25, -0.2) is 9.97 Å². The molecule has 2 aliphatic carbocycles. The van der Waals surface area contributed by atoms with Crippen molar-refractivity contribution in [1.82, 2.24) is 9.97 Å². The van der Waals surface area contributed by atoms with Gasteiger partial charge in [0.25, 0.3) is 0 Å². The van der Waals surface area contributed by atoms with Crippen LogP contribution in [-0.4, -0.2) is 9.97 Å². The van der Waals surface area contributed by atoms with Crippen LogP contribution in [0.5, 0.6) is 0 Å². The molecule has 7 aromatic carbocycles. The van der Waals surface area contributed by atoms with Crippen LogP contribution in [0, 0.1) is 0 Å². The van der Waals surface area contributed by atoms with Gasteiger partial charge in [-0.2, -0.15) is 0 Å². The number of hydrogen-bond acceptors (Lipinski definition) is 3. The summed E-state index contributed by atoms with van der Waals surface area (Å²) in [4.78, 5) is 10.1. The van der Waals surface area contributed by atoms with Crippen molar-refractivity contribution in [2.75, 3.05) is 0 Å². The standard InChI is InChI=1S/C47H28N2O/c1-3-13-29(14-4-1)41-28-42(49-46(48-41)30-15-5-2-6-16-30)31-23-26-43-36(27-31)34-24-25-40-44(45(34)50-43)35-19-9-12-22-39(35)47(40)37-20-10-7-17-32(37)33-18-8-11-21-38(33)47/h1-28H. The lowest BCUT2D eigenvalue weighted by atomic mass is 9.70. The molecule has 3 heteroatoms. The molecule has 2 aromatic heterocycles. The Morgan fingerprint density at radius 2 is 0.960 bits per heavy atom. The maximum atomic E-state index is 6.88. The third-order valence-corrected chi connectivity index (χ3v) is 10.7. The molecule has 1 spiro atoms. The van der Waals surface area contributed by atoms with E-state index in [0.29, 0.717) is 5.82 Å². The van der Waals surface area contributed by atoms with Gasteiger partial charge >= 0.3 is 0 Å².